The van der Waals surface area contributed by atoms with E-state index in [2.05, 4.69) is 15.7 Å². The number of aromatic nitrogens is 2. The second kappa shape index (κ2) is 6.12. The molecule has 2 heterocycles. The first-order chi connectivity index (χ1) is 9.94. The summed E-state index contributed by atoms with van der Waals surface area (Å²) in [5.74, 6) is 0.953. The van der Waals surface area contributed by atoms with Gasteiger partial charge in [-0.25, -0.2) is 4.79 Å². The Kier molecular flexibility index (Phi) is 4.27. The summed E-state index contributed by atoms with van der Waals surface area (Å²) in [6, 6.07) is 2.99. The molecular weight excluding hydrogens is 274 g/mol. The Balaban J connectivity index is 1.89. The molecule has 1 atom stereocenters. The van der Waals surface area contributed by atoms with Gasteiger partial charge in [0.2, 0.25) is 5.91 Å². The van der Waals surface area contributed by atoms with Gasteiger partial charge in [-0.3, -0.25) is 9.48 Å². The van der Waals surface area contributed by atoms with Crippen LogP contribution in [-0.4, -0.2) is 21.7 Å². The molecule has 0 fully saturated rings. The molecule has 2 aromatic heterocycles. The minimum atomic E-state index is -0.504. The molecule has 0 unspecified atom stereocenters. The van der Waals surface area contributed by atoms with E-state index < -0.39 is 11.9 Å². The van der Waals surface area contributed by atoms with E-state index >= 15 is 0 Å². The largest absolute Gasteiger partial charge is 0.464 e. The minimum Gasteiger partial charge on any atom is -0.464 e. The van der Waals surface area contributed by atoms with E-state index in [-0.39, 0.29) is 12.6 Å². The van der Waals surface area contributed by atoms with Crippen LogP contribution in [0.5, 0.6) is 0 Å². The number of nitrogens with one attached hydrogen (secondary N) is 2. The van der Waals surface area contributed by atoms with Gasteiger partial charge in [-0.1, -0.05) is 0 Å². The number of carbonyl (C=O) groups excluding carboxylic acids is 2. The molecule has 8 heteroatoms. The summed E-state index contributed by atoms with van der Waals surface area (Å²) in [6.07, 6.45) is 2.95. The number of hydrogen-bond acceptors (Lipinski definition) is 4. The molecule has 2 aromatic rings. The van der Waals surface area contributed by atoms with Gasteiger partial charge in [0.1, 0.15) is 18.1 Å². The fourth-order valence-electron chi connectivity index (χ4n) is 1.80. The molecule has 3 amide bonds. The smallest absolute Gasteiger partial charge is 0.319 e. The quantitative estimate of drug-likeness (QED) is 0.766. The lowest BCUT2D eigenvalue weighted by atomic mass is 10.2. The van der Waals surface area contributed by atoms with Crippen LogP contribution in [0.3, 0.4) is 0 Å². The van der Waals surface area contributed by atoms with Crippen LogP contribution in [0.1, 0.15) is 24.5 Å². The molecule has 0 aliphatic heterocycles. The highest BCUT2D eigenvalue weighted by molar-refractivity contribution is 5.89. The van der Waals surface area contributed by atoms with E-state index in [4.69, 9.17) is 10.2 Å². The standard InChI is InChI=1S/C13H17N5O3/c1-8-3-4-11(21-8)9(2)16-13(20)17-10-5-15-18(6-10)7-12(14)19/h3-6,9H,7H2,1-2H3,(H2,14,19)(H2,16,17,20)/t9-/m1/s1. The van der Waals surface area contributed by atoms with Crippen molar-refractivity contribution < 1.29 is 14.0 Å². The average Bonchev–Trinajstić information content (AvgIpc) is 2.98. The first kappa shape index (κ1) is 14.6. The number of urea groups is 1. The topological polar surface area (TPSA) is 115 Å². The fourth-order valence-corrected chi connectivity index (χ4v) is 1.80. The monoisotopic (exact) mass is 291 g/mol. The van der Waals surface area contributed by atoms with Crippen molar-refractivity contribution in [3.8, 4) is 0 Å². The van der Waals surface area contributed by atoms with Crippen molar-refractivity contribution >= 4 is 17.6 Å². The Morgan fingerprint density at radius 2 is 2.24 bits per heavy atom. The van der Waals surface area contributed by atoms with Crippen molar-refractivity contribution in [1.82, 2.24) is 15.1 Å². The van der Waals surface area contributed by atoms with Crippen molar-refractivity contribution in [3.05, 3.63) is 36.0 Å². The van der Waals surface area contributed by atoms with E-state index in [0.29, 0.717) is 11.4 Å². The number of carbonyl (C=O) groups is 2. The van der Waals surface area contributed by atoms with Crippen LogP contribution in [0.25, 0.3) is 0 Å². The molecule has 4 N–H and O–H groups in total. The van der Waals surface area contributed by atoms with Crippen LogP contribution in [0.2, 0.25) is 0 Å². The lowest BCUT2D eigenvalue weighted by molar-refractivity contribution is -0.118. The zero-order chi connectivity index (χ0) is 15.4. The number of rotatable bonds is 5. The predicted octanol–water partition coefficient (Wildman–Crippen LogP) is 1.15. The summed E-state index contributed by atoms with van der Waals surface area (Å²) in [5, 5.41) is 9.26. The molecule has 0 saturated heterocycles. The predicted molar refractivity (Wildman–Crippen MR) is 75.4 cm³/mol. The maximum atomic E-state index is 11.8. The normalized spacial score (nSPS) is 11.9. The van der Waals surface area contributed by atoms with E-state index in [1.165, 1.54) is 17.1 Å². The molecule has 0 aliphatic rings. The lowest BCUT2D eigenvalue weighted by Gasteiger charge is -2.11. The lowest BCUT2D eigenvalue weighted by Crippen LogP contribution is -2.30. The van der Waals surface area contributed by atoms with Crippen LogP contribution >= 0.6 is 0 Å². The highest BCUT2D eigenvalue weighted by Crippen LogP contribution is 2.15. The Morgan fingerprint density at radius 1 is 1.48 bits per heavy atom. The summed E-state index contributed by atoms with van der Waals surface area (Å²) >= 11 is 0. The van der Waals surface area contributed by atoms with Crippen LogP contribution in [0.15, 0.2) is 28.9 Å². The average molecular weight is 291 g/mol. The van der Waals surface area contributed by atoms with Crippen molar-refractivity contribution in [2.75, 3.05) is 5.32 Å². The molecular formula is C13H17N5O3. The molecule has 0 spiro atoms. The maximum absolute atomic E-state index is 11.8. The first-order valence-corrected chi connectivity index (χ1v) is 6.38. The molecule has 0 saturated carbocycles. The first-order valence-electron chi connectivity index (χ1n) is 6.38. The summed E-state index contributed by atoms with van der Waals surface area (Å²) in [5.41, 5.74) is 5.53. The third-order valence-electron chi connectivity index (χ3n) is 2.74. The van der Waals surface area contributed by atoms with E-state index in [1.54, 1.807) is 0 Å². The van der Waals surface area contributed by atoms with Crippen molar-refractivity contribution in [3.63, 3.8) is 0 Å². The number of nitrogens with zero attached hydrogens (tertiary/aromatic N) is 2. The molecule has 0 aromatic carbocycles. The number of aryl methyl sites for hydroxylation is 1. The van der Waals surface area contributed by atoms with Crippen molar-refractivity contribution in [2.24, 2.45) is 5.73 Å². The minimum absolute atomic E-state index is 0.0363. The van der Waals surface area contributed by atoms with Crippen LogP contribution < -0.4 is 16.4 Å². The summed E-state index contributed by atoms with van der Waals surface area (Å²) in [4.78, 5) is 22.6. The molecule has 21 heavy (non-hydrogen) atoms. The fraction of sp³-hybridized carbons (Fsp3) is 0.308. The van der Waals surface area contributed by atoms with Gasteiger partial charge < -0.3 is 20.8 Å². The second-order valence-corrected chi connectivity index (χ2v) is 4.66. The van der Waals surface area contributed by atoms with Gasteiger partial charge >= 0.3 is 6.03 Å². The molecule has 112 valence electrons. The Bertz CT molecular complexity index is 646. The summed E-state index contributed by atoms with van der Waals surface area (Å²) < 4.78 is 6.78. The van der Waals surface area contributed by atoms with Gasteiger partial charge in [0, 0.05) is 6.20 Å². The number of amides is 3. The molecule has 0 aliphatic carbocycles. The number of nitrogens with two attached hydrogens (primary N) is 1. The SMILES string of the molecule is Cc1ccc([C@@H](C)NC(=O)Nc2cnn(CC(N)=O)c2)o1. The maximum Gasteiger partial charge on any atom is 0.319 e. The molecule has 8 nitrogen and oxygen atoms in total. The molecule has 0 radical (unpaired) electrons. The highest BCUT2D eigenvalue weighted by atomic mass is 16.3. The third-order valence-corrected chi connectivity index (χ3v) is 2.74. The highest BCUT2D eigenvalue weighted by Gasteiger charge is 2.13. The van der Waals surface area contributed by atoms with Crippen LogP contribution in [0, 0.1) is 6.92 Å². The second-order valence-electron chi connectivity index (χ2n) is 4.66. The van der Waals surface area contributed by atoms with Crippen LogP contribution in [-0.2, 0) is 11.3 Å². The number of furan rings is 1. The van der Waals surface area contributed by atoms with Gasteiger partial charge in [-0.15, -0.1) is 0 Å². The third kappa shape index (κ3) is 4.10. The van der Waals surface area contributed by atoms with Gasteiger partial charge in [0.15, 0.2) is 0 Å². The Labute approximate surface area is 121 Å². The van der Waals surface area contributed by atoms with E-state index in [9.17, 15) is 9.59 Å². The van der Waals surface area contributed by atoms with Crippen molar-refractivity contribution in [1.29, 1.82) is 0 Å². The number of primary amides is 1. The Hall–Kier alpha value is -2.77. The van der Waals surface area contributed by atoms with E-state index in [0.717, 1.165) is 5.76 Å². The van der Waals surface area contributed by atoms with Crippen LogP contribution in [0.4, 0.5) is 10.5 Å². The van der Waals surface area contributed by atoms with Gasteiger partial charge in [0.05, 0.1) is 17.9 Å². The summed E-state index contributed by atoms with van der Waals surface area (Å²) in [7, 11) is 0. The summed E-state index contributed by atoms with van der Waals surface area (Å²) in [6.45, 7) is 3.61. The zero-order valence-electron chi connectivity index (χ0n) is 11.8. The van der Waals surface area contributed by atoms with E-state index in [1.807, 2.05) is 26.0 Å². The number of hydrogen-bond donors (Lipinski definition) is 3. The zero-order valence-corrected chi connectivity index (χ0v) is 11.8. The van der Waals surface area contributed by atoms with Gasteiger partial charge in [0.25, 0.3) is 0 Å². The van der Waals surface area contributed by atoms with Gasteiger partial charge in [-0.2, -0.15) is 5.10 Å². The Morgan fingerprint density at radius 3 is 2.86 bits per heavy atom. The molecule has 0 bridgehead atoms. The number of anilines is 1. The van der Waals surface area contributed by atoms with Crippen molar-refractivity contribution in [2.45, 2.75) is 26.4 Å². The van der Waals surface area contributed by atoms with Gasteiger partial charge in [-0.05, 0) is 26.0 Å². The molecule has 2 rings (SSSR count).